The van der Waals surface area contributed by atoms with Gasteiger partial charge in [-0.2, -0.15) is 5.10 Å². The largest absolute Gasteiger partial charge is 0.372 e. The Morgan fingerprint density at radius 1 is 1.24 bits per heavy atom. The fourth-order valence-corrected chi connectivity index (χ4v) is 2.54. The van der Waals surface area contributed by atoms with E-state index in [2.05, 4.69) is 47.1 Å². The maximum atomic E-state index is 5.75. The predicted octanol–water partition coefficient (Wildman–Crippen LogP) is 2.18. The average molecular weight is 231 g/mol. The smallest absolute Gasteiger partial charge is 0.158 e. The van der Waals surface area contributed by atoms with Crippen molar-refractivity contribution in [3.63, 3.8) is 0 Å². The van der Waals surface area contributed by atoms with Gasteiger partial charge in [0.15, 0.2) is 5.82 Å². The molecule has 1 N–H and O–H groups in total. The molecule has 0 aliphatic carbocycles. The number of aromatic amines is 1. The van der Waals surface area contributed by atoms with Gasteiger partial charge in [-0.05, 0) is 26.0 Å². The van der Waals surface area contributed by atoms with E-state index in [-0.39, 0.29) is 12.2 Å². The minimum Gasteiger partial charge on any atom is -0.372 e. The Labute approximate surface area is 101 Å². The van der Waals surface area contributed by atoms with E-state index >= 15 is 0 Å². The number of H-pyrrole nitrogens is 1. The molecule has 4 heteroatoms. The Morgan fingerprint density at radius 3 is 2.71 bits per heavy atom. The highest BCUT2D eigenvalue weighted by Gasteiger charge is 2.24. The highest BCUT2D eigenvalue weighted by molar-refractivity contribution is 5.90. The molecule has 0 radical (unpaired) electrons. The van der Waals surface area contributed by atoms with Crippen LogP contribution in [0.3, 0.4) is 0 Å². The average Bonchev–Trinajstić information content (AvgIpc) is 2.71. The van der Waals surface area contributed by atoms with Crippen molar-refractivity contribution < 1.29 is 4.74 Å². The van der Waals surface area contributed by atoms with Gasteiger partial charge in [0.1, 0.15) is 0 Å². The van der Waals surface area contributed by atoms with Gasteiger partial charge in [0, 0.05) is 18.5 Å². The van der Waals surface area contributed by atoms with Gasteiger partial charge in [-0.3, -0.25) is 5.10 Å². The lowest BCUT2D eigenvalue weighted by molar-refractivity contribution is -0.00537. The molecule has 2 heterocycles. The van der Waals surface area contributed by atoms with Crippen LogP contribution >= 0.6 is 0 Å². The van der Waals surface area contributed by atoms with Gasteiger partial charge in [-0.1, -0.05) is 12.1 Å². The lowest BCUT2D eigenvalue weighted by Gasteiger charge is -2.35. The van der Waals surface area contributed by atoms with Crippen molar-refractivity contribution in [1.82, 2.24) is 10.2 Å². The number of nitrogens with zero attached hydrogens (tertiary/aromatic N) is 2. The Morgan fingerprint density at radius 2 is 1.94 bits per heavy atom. The molecule has 3 rings (SSSR count). The number of para-hydroxylation sites is 1. The van der Waals surface area contributed by atoms with Crippen molar-refractivity contribution in [2.24, 2.45) is 0 Å². The molecule has 0 saturated carbocycles. The molecule has 0 amide bonds. The Hall–Kier alpha value is -1.55. The molecule has 17 heavy (non-hydrogen) atoms. The summed E-state index contributed by atoms with van der Waals surface area (Å²) in [5.74, 6) is 1.04. The number of morpholine rings is 1. The number of aromatic nitrogens is 2. The number of hydrogen-bond acceptors (Lipinski definition) is 3. The zero-order valence-electron chi connectivity index (χ0n) is 10.2. The number of anilines is 1. The highest BCUT2D eigenvalue weighted by Crippen LogP contribution is 2.26. The summed E-state index contributed by atoms with van der Waals surface area (Å²) >= 11 is 0. The molecular weight excluding hydrogens is 214 g/mol. The van der Waals surface area contributed by atoms with Crippen LogP contribution in [0.15, 0.2) is 24.3 Å². The number of hydrogen-bond donors (Lipinski definition) is 1. The topological polar surface area (TPSA) is 41.2 Å². The van der Waals surface area contributed by atoms with E-state index < -0.39 is 0 Å². The van der Waals surface area contributed by atoms with Gasteiger partial charge < -0.3 is 9.64 Å². The van der Waals surface area contributed by atoms with Gasteiger partial charge in [0.05, 0.1) is 17.7 Å². The molecule has 1 fully saturated rings. The number of fused-ring (bicyclic) bond motifs is 1. The second-order valence-electron chi connectivity index (χ2n) is 4.76. The van der Waals surface area contributed by atoms with E-state index in [0.29, 0.717) is 0 Å². The van der Waals surface area contributed by atoms with Crippen LogP contribution in [0.5, 0.6) is 0 Å². The maximum absolute atomic E-state index is 5.75. The molecule has 4 nitrogen and oxygen atoms in total. The molecule has 1 aromatic heterocycles. The molecule has 1 aromatic carbocycles. The highest BCUT2D eigenvalue weighted by atomic mass is 16.5. The molecule has 2 atom stereocenters. The van der Waals surface area contributed by atoms with Crippen LogP contribution in [-0.2, 0) is 4.74 Å². The normalized spacial score (nSPS) is 25.4. The molecule has 2 aromatic rings. The van der Waals surface area contributed by atoms with E-state index in [9.17, 15) is 0 Å². The first kappa shape index (κ1) is 10.6. The molecule has 1 saturated heterocycles. The molecule has 0 spiro atoms. The summed E-state index contributed by atoms with van der Waals surface area (Å²) in [5.41, 5.74) is 1.09. The van der Waals surface area contributed by atoms with E-state index in [1.165, 1.54) is 5.39 Å². The maximum Gasteiger partial charge on any atom is 0.158 e. The van der Waals surface area contributed by atoms with E-state index in [1.807, 2.05) is 6.07 Å². The summed E-state index contributed by atoms with van der Waals surface area (Å²) in [6, 6.07) is 8.24. The third kappa shape index (κ3) is 1.89. The van der Waals surface area contributed by atoms with Crippen molar-refractivity contribution in [1.29, 1.82) is 0 Å². The third-order valence-electron chi connectivity index (χ3n) is 3.17. The SMILES string of the molecule is C[C@H]1CN(c2n[nH]c3ccccc23)C[C@H](C)O1. The first-order chi connectivity index (χ1) is 8.24. The van der Waals surface area contributed by atoms with Crippen LogP contribution in [0.4, 0.5) is 5.82 Å². The van der Waals surface area contributed by atoms with Crippen molar-refractivity contribution >= 4 is 16.7 Å². The van der Waals surface area contributed by atoms with E-state index in [0.717, 1.165) is 24.4 Å². The molecule has 1 aliphatic heterocycles. The third-order valence-corrected chi connectivity index (χ3v) is 3.17. The zero-order valence-corrected chi connectivity index (χ0v) is 10.2. The van der Waals surface area contributed by atoms with Crippen LogP contribution < -0.4 is 4.90 Å². The molecule has 1 aliphatic rings. The van der Waals surface area contributed by atoms with Crippen molar-refractivity contribution in [2.45, 2.75) is 26.1 Å². The molecule has 0 unspecified atom stereocenters. The van der Waals surface area contributed by atoms with Crippen LogP contribution in [0.1, 0.15) is 13.8 Å². The van der Waals surface area contributed by atoms with Gasteiger partial charge in [0.25, 0.3) is 0 Å². The van der Waals surface area contributed by atoms with Gasteiger partial charge in [-0.15, -0.1) is 0 Å². The Balaban J connectivity index is 1.98. The summed E-state index contributed by atoms with van der Waals surface area (Å²) in [4.78, 5) is 2.30. The predicted molar refractivity (Wildman–Crippen MR) is 68.3 cm³/mol. The molecule has 90 valence electrons. The van der Waals surface area contributed by atoms with Gasteiger partial charge in [-0.25, -0.2) is 0 Å². The van der Waals surface area contributed by atoms with Crippen LogP contribution in [0.25, 0.3) is 10.9 Å². The van der Waals surface area contributed by atoms with Crippen molar-refractivity contribution in [3.8, 4) is 0 Å². The summed E-state index contributed by atoms with van der Waals surface area (Å²) in [6.07, 6.45) is 0.517. The lowest BCUT2D eigenvalue weighted by Crippen LogP contribution is -2.45. The second-order valence-corrected chi connectivity index (χ2v) is 4.76. The fraction of sp³-hybridized carbons (Fsp3) is 0.462. The number of ether oxygens (including phenoxy) is 1. The first-order valence-corrected chi connectivity index (χ1v) is 6.07. The summed E-state index contributed by atoms with van der Waals surface area (Å²) in [7, 11) is 0. The number of nitrogens with one attached hydrogen (secondary N) is 1. The van der Waals surface area contributed by atoms with Crippen LogP contribution in [-0.4, -0.2) is 35.5 Å². The summed E-state index contributed by atoms with van der Waals surface area (Å²) in [5, 5.41) is 8.70. The first-order valence-electron chi connectivity index (χ1n) is 6.07. The Bertz CT molecular complexity index is 512. The molecule has 0 bridgehead atoms. The molecular formula is C13H17N3O. The number of rotatable bonds is 1. The van der Waals surface area contributed by atoms with E-state index in [1.54, 1.807) is 0 Å². The zero-order chi connectivity index (χ0) is 11.8. The van der Waals surface area contributed by atoms with Crippen LogP contribution in [0.2, 0.25) is 0 Å². The fourth-order valence-electron chi connectivity index (χ4n) is 2.54. The van der Waals surface area contributed by atoms with Crippen molar-refractivity contribution in [2.75, 3.05) is 18.0 Å². The number of benzene rings is 1. The quantitative estimate of drug-likeness (QED) is 0.817. The monoisotopic (exact) mass is 231 g/mol. The Kier molecular flexibility index (Phi) is 2.52. The van der Waals surface area contributed by atoms with Crippen molar-refractivity contribution in [3.05, 3.63) is 24.3 Å². The lowest BCUT2D eigenvalue weighted by atomic mass is 10.2. The van der Waals surface area contributed by atoms with Crippen LogP contribution in [0, 0.1) is 0 Å². The van der Waals surface area contributed by atoms with E-state index in [4.69, 9.17) is 4.74 Å². The second kappa shape index (κ2) is 4.04. The van der Waals surface area contributed by atoms with Gasteiger partial charge >= 0.3 is 0 Å². The summed E-state index contributed by atoms with van der Waals surface area (Å²) < 4.78 is 5.75. The minimum atomic E-state index is 0.259. The standard InChI is InChI=1S/C13H17N3O/c1-9-7-16(8-10(2)17-9)13-11-5-3-4-6-12(11)14-15-13/h3-6,9-10H,7-8H2,1-2H3,(H,14,15)/t9-,10-/m0/s1. The summed E-state index contributed by atoms with van der Waals surface area (Å²) in [6.45, 7) is 6.02. The van der Waals surface area contributed by atoms with Gasteiger partial charge in [0.2, 0.25) is 0 Å². The minimum absolute atomic E-state index is 0.259.